The highest BCUT2D eigenvalue weighted by atomic mass is 16.5. The predicted octanol–water partition coefficient (Wildman–Crippen LogP) is 1.31. The number of ether oxygens (including phenoxy) is 1. The van der Waals surface area contributed by atoms with Crippen molar-refractivity contribution in [2.45, 2.75) is 25.9 Å². The van der Waals surface area contributed by atoms with E-state index in [0.717, 1.165) is 18.7 Å². The van der Waals surface area contributed by atoms with Crippen LogP contribution < -0.4 is 0 Å². The van der Waals surface area contributed by atoms with E-state index in [-0.39, 0.29) is 12.0 Å². The van der Waals surface area contributed by atoms with E-state index in [0.29, 0.717) is 31.2 Å². The lowest BCUT2D eigenvalue weighted by Crippen LogP contribution is -2.43. The summed E-state index contributed by atoms with van der Waals surface area (Å²) >= 11 is 0. The van der Waals surface area contributed by atoms with Crippen molar-refractivity contribution < 1.29 is 9.53 Å². The van der Waals surface area contributed by atoms with Gasteiger partial charge in [-0.2, -0.15) is 5.10 Å². The van der Waals surface area contributed by atoms with Gasteiger partial charge >= 0.3 is 0 Å². The molecular weight excluding hydrogens is 282 g/mol. The smallest absolute Gasteiger partial charge is 0.270 e. The Labute approximate surface area is 129 Å². The molecule has 3 rings (SSSR count). The first kappa shape index (κ1) is 14.8. The number of hydrogen-bond donors (Lipinski definition) is 1. The van der Waals surface area contributed by atoms with E-state index in [2.05, 4.69) is 22.1 Å². The second-order valence-electron chi connectivity index (χ2n) is 5.51. The number of aromatic amines is 1. The van der Waals surface area contributed by atoms with Crippen LogP contribution in [-0.4, -0.2) is 50.3 Å². The molecule has 0 aliphatic carbocycles. The van der Waals surface area contributed by atoms with Gasteiger partial charge < -0.3 is 14.2 Å². The maximum absolute atomic E-state index is 12.6. The van der Waals surface area contributed by atoms with Crippen LogP contribution in [-0.2, 0) is 18.2 Å². The Hall–Kier alpha value is -2.15. The fourth-order valence-electron chi connectivity index (χ4n) is 2.64. The summed E-state index contributed by atoms with van der Waals surface area (Å²) < 4.78 is 7.57. The van der Waals surface area contributed by atoms with Crippen molar-refractivity contribution >= 4 is 5.91 Å². The molecular formula is C15H21N5O2. The highest BCUT2D eigenvalue weighted by Crippen LogP contribution is 2.20. The van der Waals surface area contributed by atoms with Crippen molar-refractivity contribution in [2.24, 2.45) is 7.05 Å². The number of morpholine rings is 1. The van der Waals surface area contributed by atoms with Crippen molar-refractivity contribution in [1.29, 1.82) is 0 Å². The van der Waals surface area contributed by atoms with Crippen LogP contribution in [0.3, 0.4) is 0 Å². The molecule has 3 heterocycles. The van der Waals surface area contributed by atoms with Crippen LogP contribution in [0.5, 0.6) is 0 Å². The lowest BCUT2D eigenvalue weighted by molar-refractivity contribution is -0.0269. The molecule has 2 aromatic rings. The number of hydrogen-bond acceptors (Lipinski definition) is 4. The Morgan fingerprint density at radius 2 is 2.41 bits per heavy atom. The van der Waals surface area contributed by atoms with Crippen LogP contribution in [0, 0.1) is 0 Å². The molecule has 7 heteroatoms. The Kier molecular flexibility index (Phi) is 4.24. The summed E-state index contributed by atoms with van der Waals surface area (Å²) in [6.45, 7) is 3.66. The van der Waals surface area contributed by atoms with E-state index in [1.807, 2.05) is 29.9 Å². The molecule has 0 aromatic carbocycles. The van der Waals surface area contributed by atoms with Crippen LogP contribution in [0.15, 0.2) is 18.3 Å². The van der Waals surface area contributed by atoms with Gasteiger partial charge in [0.2, 0.25) is 0 Å². The molecule has 1 aliphatic rings. The second kappa shape index (κ2) is 6.31. The summed E-state index contributed by atoms with van der Waals surface area (Å²) in [5.74, 6) is 1.52. The molecule has 0 saturated carbocycles. The maximum atomic E-state index is 12.6. The molecule has 1 unspecified atom stereocenters. The minimum Gasteiger partial charge on any atom is -0.366 e. The third-order valence-electron chi connectivity index (χ3n) is 3.84. The van der Waals surface area contributed by atoms with E-state index in [9.17, 15) is 4.79 Å². The summed E-state index contributed by atoms with van der Waals surface area (Å²) in [4.78, 5) is 18.8. The molecule has 118 valence electrons. The number of carbonyl (C=O) groups is 1. The van der Waals surface area contributed by atoms with Crippen LogP contribution in [0.2, 0.25) is 0 Å². The molecule has 1 saturated heterocycles. The maximum Gasteiger partial charge on any atom is 0.270 e. The zero-order valence-corrected chi connectivity index (χ0v) is 13.0. The van der Waals surface area contributed by atoms with Gasteiger partial charge in [-0.1, -0.05) is 6.92 Å². The van der Waals surface area contributed by atoms with Crippen molar-refractivity contribution in [3.05, 3.63) is 35.7 Å². The first-order valence-corrected chi connectivity index (χ1v) is 7.62. The third-order valence-corrected chi connectivity index (χ3v) is 3.84. The lowest BCUT2D eigenvalue weighted by Gasteiger charge is -2.31. The van der Waals surface area contributed by atoms with Crippen molar-refractivity contribution in [1.82, 2.24) is 24.6 Å². The largest absolute Gasteiger partial charge is 0.366 e. The fraction of sp³-hybridized carbons (Fsp3) is 0.533. The van der Waals surface area contributed by atoms with Gasteiger partial charge in [-0.05, 0) is 18.6 Å². The van der Waals surface area contributed by atoms with Gasteiger partial charge in [0.15, 0.2) is 5.82 Å². The monoisotopic (exact) mass is 303 g/mol. The summed E-state index contributed by atoms with van der Waals surface area (Å²) in [6, 6.07) is 3.70. The molecule has 1 N–H and O–H groups in total. The quantitative estimate of drug-likeness (QED) is 0.924. The summed E-state index contributed by atoms with van der Waals surface area (Å²) in [6.07, 6.45) is 3.49. The normalized spacial score (nSPS) is 18.6. The highest BCUT2D eigenvalue weighted by molar-refractivity contribution is 5.92. The Morgan fingerprint density at radius 3 is 3.14 bits per heavy atom. The minimum absolute atomic E-state index is 0.0186. The molecule has 7 nitrogen and oxygen atoms in total. The van der Waals surface area contributed by atoms with Crippen molar-refractivity contribution in [2.75, 3.05) is 19.7 Å². The number of amides is 1. The van der Waals surface area contributed by atoms with E-state index in [4.69, 9.17) is 4.74 Å². The van der Waals surface area contributed by atoms with Gasteiger partial charge in [0, 0.05) is 26.2 Å². The molecule has 2 aromatic heterocycles. The zero-order chi connectivity index (χ0) is 15.5. The van der Waals surface area contributed by atoms with E-state index in [1.54, 1.807) is 4.90 Å². The Balaban J connectivity index is 1.71. The number of H-pyrrole nitrogens is 1. The number of aromatic nitrogens is 4. The fourth-order valence-corrected chi connectivity index (χ4v) is 2.64. The number of aryl methyl sites for hydroxylation is 2. The number of nitrogens with one attached hydrogen (secondary N) is 1. The van der Waals surface area contributed by atoms with Gasteiger partial charge in [0.1, 0.15) is 17.6 Å². The Morgan fingerprint density at radius 1 is 1.55 bits per heavy atom. The second-order valence-corrected chi connectivity index (χ2v) is 5.51. The average Bonchev–Trinajstić information content (AvgIpc) is 3.16. The van der Waals surface area contributed by atoms with E-state index in [1.165, 1.54) is 0 Å². The molecule has 22 heavy (non-hydrogen) atoms. The van der Waals surface area contributed by atoms with Crippen LogP contribution in [0.25, 0.3) is 0 Å². The van der Waals surface area contributed by atoms with Crippen molar-refractivity contribution in [3.8, 4) is 0 Å². The molecule has 0 bridgehead atoms. The van der Waals surface area contributed by atoms with Gasteiger partial charge in [0.05, 0.1) is 13.2 Å². The number of rotatable bonds is 4. The summed E-state index contributed by atoms with van der Waals surface area (Å²) in [7, 11) is 1.87. The van der Waals surface area contributed by atoms with Gasteiger partial charge in [0.25, 0.3) is 5.91 Å². The lowest BCUT2D eigenvalue weighted by atomic mass is 10.2. The van der Waals surface area contributed by atoms with Gasteiger partial charge in [-0.3, -0.25) is 9.89 Å². The number of carbonyl (C=O) groups excluding carboxylic acids is 1. The van der Waals surface area contributed by atoms with Crippen LogP contribution in [0.4, 0.5) is 0 Å². The highest BCUT2D eigenvalue weighted by Gasteiger charge is 2.29. The summed E-state index contributed by atoms with van der Waals surface area (Å²) in [5.41, 5.74) is 0.683. The molecule has 1 fully saturated rings. The van der Waals surface area contributed by atoms with Gasteiger partial charge in [-0.25, -0.2) is 4.98 Å². The zero-order valence-electron chi connectivity index (χ0n) is 13.0. The topological polar surface area (TPSA) is 76.0 Å². The third kappa shape index (κ3) is 2.89. The average molecular weight is 303 g/mol. The minimum atomic E-state index is -0.264. The van der Waals surface area contributed by atoms with E-state index < -0.39 is 0 Å². The standard InChI is InChI=1S/C15H21N5O2/c1-3-5-13-16-14(18-17-13)12-10-20(8-9-22-12)15(21)11-6-4-7-19(11)2/h4,6-7,12H,3,5,8-10H2,1-2H3,(H,16,17,18). The SMILES string of the molecule is CCCc1nc(C2CN(C(=O)c3cccn3C)CCO2)n[nH]1. The first-order chi connectivity index (χ1) is 10.7. The first-order valence-electron chi connectivity index (χ1n) is 7.62. The van der Waals surface area contributed by atoms with E-state index >= 15 is 0 Å². The number of nitrogens with zero attached hydrogens (tertiary/aromatic N) is 4. The van der Waals surface area contributed by atoms with Crippen LogP contribution in [0.1, 0.15) is 41.6 Å². The van der Waals surface area contributed by atoms with Gasteiger partial charge in [-0.15, -0.1) is 0 Å². The molecule has 0 spiro atoms. The molecule has 1 amide bonds. The molecule has 1 aliphatic heterocycles. The predicted molar refractivity (Wildman–Crippen MR) is 80.4 cm³/mol. The van der Waals surface area contributed by atoms with Crippen LogP contribution >= 0.6 is 0 Å². The van der Waals surface area contributed by atoms with Crippen molar-refractivity contribution in [3.63, 3.8) is 0 Å². The molecule has 0 radical (unpaired) electrons. The molecule has 1 atom stereocenters. The Bertz CT molecular complexity index is 648. The summed E-state index contributed by atoms with van der Waals surface area (Å²) in [5, 5.41) is 7.16.